The van der Waals surface area contributed by atoms with Crippen molar-refractivity contribution in [3.05, 3.63) is 84.1 Å². The Bertz CT molecular complexity index is 1060. The smallest absolute Gasteiger partial charge is 0.291 e. The largest absolute Gasteiger partial charge is 0.349 e. The zero-order chi connectivity index (χ0) is 19.5. The molecular formula is C20H19N3O3S2. The molecule has 1 aliphatic carbocycles. The summed E-state index contributed by atoms with van der Waals surface area (Å²) in [5, 5.41) is 13.8. The normalized spacial score (nSPS) is 13.3. The lowest BCUT2D eigenvalue weighted by molar-refractivity contribution is -0.384. The number of fused-ring (bicyclic) bond motifs is 1. The molecule has 0 spiro atoms. The van der Waals surface area contributed by atoms with E-state index in [4.69, 9.17) is 0 Å². The average Bonchev–Trinajstić information content (AvgIpc) is 3.22. The van der Waals surface area contributed by atoms with Crippen molar-refractivity contribution in [1.82, 2.24) is 9.55 Å². The van der Waals surface area contributed by atoms with Crippen LogP contribution in [0.15, 0.2) is 51.6 Å². The van der Waals surface area contributed by atoms with Crippen LogP contribution in [0.1, 0.15) is 34.5 Å². The standard InChI is InChI=1S/C20H19N3O3S2/c24-20-21-19(28-13-14-5-3-6-15(11-14)23(25)26)17-8-1-2-9-18(17)22(20)12-16-7-4-10-27-16/h3-7,10-11H,1-2,8-9,12-13H2. The first-order valence-electron chi connectivity index (χ1n) is 9.13. The van der Waals surface area contributed by atoms with Crippen LogP contribution in [0.5, 0.6) is 0 Å². The summed E-state index contributed by atoms with van der Waals surface area (Å²) in [6, 6.07) is 10.7. The SMILES string of the molecule is O=c1nc(SCc2cccc([N+](=O)[O-])c2)c2c(n1Cc1cccs1)CCCC2. The third kappa shape index (κ3) is 4.02. The maximum atomic E-state index is 12.7. The van der Waals surface area contributed by atoms with E-state index >= 15 is 0 Å². The van der Waals surface area contributed by atoms with E-state index in [1.54, 1.807) is 23.5 Å². The topological polar surface area (TPSA) is 78.0 Å². The van der Waals surface area contributed by atoms with Gasteiger partial charge in [0.2, 0.25) is 0 Å². The zero-order valence-corrected chi connectivity index (χ0v) is 16.8. The van der Waals surface area contributed by atoms with Gasteiger partial charge in [-0.15, -0.1) is 23.1 Å². The second-order valence-electron chi connectivity index (χ2n) is 6.71. The summed E-state index contributed by atoms with van der Waals surface area (Å²) in [5.41, 5.74) is 2.99. The summed E-state index contributed by atoms with van der Waals surface area (Å²) in [6.45, 7) is 0.571. The Morgan fingerprint density at radius 3 is 2.86 bits per heavy atom. The number of thiophene rings is 1. The molecule has 0 atom stereocenters. The molecule has 1 aromatic carbocycles. The summed E-state index contributed by atoms with van der Waals surface area (Å²) >= 11 is 3.14. The molecule has 0 aliphatic heterocycles. The summed E-state index contributed by atoms with van der Waals surface area (Å²) in [6.07, 6.45) is 3.99. The summed E-state index contributed by atoms with van der Waals surface area (Å²) in [5.74, 6) is 0.551. The minimum atomic E-state index is -0.389. The van der Waals surface area contributed by atoms with Crippen LogP contribution < -0.4 is 5.69 Å². The molecule has 6 nitrogen and oxygen atoms in total. The van der Waals surface area contributed by atoms with Gasteiger partial charge in [0, 0.05) is 34.0 Å². The molecule has 3 aromatic rings. The van der Waals surface area contributed by atoms with Gasteiger partial charge in [-0.2, -0.15) is 4.98 Å². The Kier molecular flexibility index (Phi) is 5.59. The maximum absolute atomic E-state index is 12.7. The number of nitro benzene ring substituents is 1. The molecule has 0 bridgehead atoms. The molecule has 2 heterocycles. The Morgan fingerprint density at radius 1 is 1.21 bits per heavy atom. The molecule has 0 N–H and O–H groups in total. The van der Waals surface area contributed by atoms with E-state index in [2.05, 4.69) is 4.98 Å². The van der Waals surface area contributed by atoms with E-state index in [1.165, 1.54) is 17.8 Å². The van der Waals surface area contributed by atoms with Crippen LogP contribution in [0.25, 0.3) is 0 Å². The number of nitrogens with zero attached hydrogens (tertiary/aromatic N) is 3. The van der Waals surface area contributed by atoms with Crippen molar-refractivity contribution < 1.29 is 4.92 Å². The van der Waals surface area contributed by atoms with Crippen molar-refractivity contribution in [3.63, 3.8) is 0 Å². The van der Waals surface area contributed by atoms with E-state index in [0.29, 0.717) is 12.3 Å². The minimum absolute atomic E-state index is 0.0828. The van der Waals surface area contributed by atoms with Gasteiger partial charge in [0.15, 0.2) is 0 Å². The summed E-state index contributed by atoms with van der Waals surface area (Å²) in [7, 11) is 0. The Labute approximate surface area is 170 Å². The highest BCUT2D eigenvalue weighted by Gasteiger charge is 2.21. The Morgan fingerprint density at radius 2 is 2.07 bits per heavy atom. The third-order valence-corrected chi connectivity index (χ3v) is 6.79. The molecule has 8 heteroatoms. The number of nitro groups is 1. The Balaban J connectivity index is 1.63. The highest BCUT2D eigenvalue weighted by molar-refractivity contribution is 7.98. The van der Waals surface area contributed by atoms with E-state index in [9.17, 15) is 14.9 Å². The molecular weight excluding hydrogens is 394 g/mol. The molecule has 28 heavy (non-hydrogen) atoms. The number of thioether (sulfide) groups is 1. The van der Waals surface area contributed by atoms with Crippen molar-refractivity contribution in [3.8, 4) is 0 Å². The minimum Gasteiger partial charge on any atom is -0.291 e. The van der Waals surface area contributed by atoms with Crippen molar-refractivity contribution in [2.24, 2.45) is 0 Å². The maximum Gasteiger partial charge on any atom is 0.349 e. The number of hydrogen-bond donors (Lipinski definition) is 0. The molecule has 0 fully saturated rings. The van der Waals surface area contributed by atoms with Gasteiger partial charge in [-0.1, -0.05) is 18.2 Å². The van der Waals surface area contributed by atoms with Crippen LogP contribution in [0.2, 0.25) is 0 Å². The van der Waals surface area contributed by atoms with Crippen molar-refractivity contribution in [2.45, 2.75) is 43.0 Å². The summed E-state index contributed by atoms with van der Waals surface area (Å²) < 4.78 is 1.82. The third-order valence-electron chi connectivity index (χ3n) is 4.84. The first-order chi connectivity index (χ1) is 13.6. The lowest BCUT2D eigenvalue weighted by atomic mass is 9.97. The van der Waals surface area contributed by atoms with Gasteiger partial charge in [0.05, 0.1) is 11.5 Å². The second-order valence-corrected chi connectivity index (χ2v) is 8.71. The van der Waals surface area contributed by atoms with Crippen LogP contribution in [-0.2, 0) is 25.1 Å². The molecule has 0 radical (unpaired) electrons. The predicted octanol–water partition coefficient (Wildman–Crippen LogP) is 4.43. The number of non-ortho nitro benzene ring substituents is 1. The van der Waals surface area contributed by atoms with E-state index in [-0.39, 0.29) is 16.3 Å². The van der Waals surface area contributed by atoms with Gasteiger partial charge >= 0.3 is 5.69 Å². The van der Waals surface area contributed by atoms with E-state index < -0.39 is 0 Å². The fraction of sp³-hybridized carbons (Fsp3) is 0.300. The number of rotatable bonds is 6. The molecule has 0 amide bonds. The lowest BCUT2D eigenvalue weighted by Crippen LogP contribution is -2.30. The van der Waals surface area contributed by atoms with Crippen LogP contribution >= 0.6 is 23.1 Å². The molecule has 0 unspecified atom stereocenters. The highest BCUT2D eigenvalue weighted by Crippen LogP contribution is 2.31. The van der Waals surface area contributed by atoms with Gasteiger partial charge in [-0.3, -0.25) is 14.7 Å². The molecule has 2 aromatic heterocycles. The van der Waals surface area contributed by atoms with Gasteiger partial charge in [0.25, 0.3) is 5.69 Å². The predicted molar refractivity (Wildman–Crippen MR) is 111 cm³/mol. The highest BCUT2D eigenvalue weighted by atomic mass is 32.2. The molecule has 1 aliphatic rings. The fourth-order valence-electron chi connectivity index (χ4n) is 3.50. The lowest BCUT2D eigenvalue weighted by Gasteiger charge is -2.22. The number of benzene rings is 1. The molecule has 0 saturated heterocycles. The quantitative estimate of drug-likeness (QED) is 0.258. The van der Waals surface area contributed by atoms with Crippen LogP contribution in [0, 0.1) is 10.1 Å². The van der Waals surface area contributed by atoms with Gasteiger partial charge in [0.1, 0.15) is 5.03 Å². The van der Waals surface area contributed by atoms with Crippen molar-refractivity contribution in [2.75, 3.05) is 0 Å². The number of hydrogen-bond acceptors (Lipinski definition) is 6. The molecule has 0 saturated carbocycles. The van der Waals surface area contributed by atoms with Crippen LogP contribution in [0.4, 0.5) is 5.69 Å². The Hall–Kier alpha value is -2.45. The zero-order valence-electron chi connectivity index (χ0n) is 15.2. The monoisotopic (exact) mass is 413 g/mol. The van der Waals surface area contributed by atoms with E-state index in [0.717, 1.165) is 52.4 Å². The first kappa shape index (κ1) is 18.9. The second kappa shape index (κ2) is 8.28. The fourth-order valence-corrected chi connectivity index (χ4v) is 5.21. The van der Waals surface area contributed by atoms with Gasteiger partial charge in [-0.05, 0) is 42.7 Å². The van der Waals surface area contributed by atoms with E-state index in [1.807, 2.05) is 28.1 Å². The van der Waals surface area contributed by atoms with Gasteiger partial charge < -0.3 is 0 Å². The van der Waals surface area contributed by atoms with Crippen LogP contribution in [-0.4, -0.2) is 14.5 Å². The van der Waals surface area contributed by atoms with Crippen molar-refractivity contribution in [1.29, 1.82) is 0 Å². The first-order valence-corrected chi connectivity index (χ1v) is 11.0. The van der Waals surface area contributed by atoms with Gasteiger partial charge in [-0.25, -0.2) is 4.79 Å². The van der Waals surface area contributed by atoms with Crippen LogP contribution in [0.3, 0.4) is 0 Å². The average molecular weight is 414 g/mol. The summed E-state index contributed by atoms with van der Waals surface area (Å²) in [4.78, 5) is 28.9. The molecule has 4 rings (SSSR count). The number of aromatic nitrogens is 2. The van der Waals surface area contributed by atoms with Crippen molar-refractivity contribution >= 4 is 28.8 Å². The molecule has 144 valence electrons.